The predicted molar refractivity (Wildman–Crippen MR) is 64.4 cm³/mol. The summed E-state index contributed by atoms with van der Waals surface area (Å²) >= 11 is 3.32. The number of aryl methyl sites for hydroxylation is 1. The molecule has 0 radical (unpaired) electrons. The van der Waals surface area contributed by atoms with Crippen molar-refractivity contribution in [3.63, 3.8) is 0 Å². The van der Waals surface area contributed by atoms with Gasteiger partial charge in [-0.15, -0.1) is 0 Å². The number of benzene rings is 1. The molecule has 0 unspecified atom stereocenters. The fourth-order valence-electron chi connectivity index (χ4n) is 1.59. The van der Waals surface area contributed by atoms with E-state index in [-0.39, 0.29) is 0 Å². The average Bonchev–Trinajstić information content (AvgIpc) is 2.60. The highest BCUT2D eigenvalue weighted by Crippen LogP contribution is 2.25. The van der Waals surface area contributed by atoms with Gasteiger partial charge in [0.2, 0.25) is 0 Å². The molecule has 0 spiro atoms. The maximum atomic E-state index is 5.66. The Balaban J connectivity index is 2.58. The van der Waals surface area contributed by atoms with Crippen LogP contribution in [0.3, 0.4) is 0 Å². The molecule has 0 saturated carbocycles. The molecule has 0 aliphatic carbocycles. The monoisotopic (exact) mass is 265 g/mol. The Kier molecular flexibility index (Phi) is 2.88. The molecule has 0 fully saturated rings. The minimum Gasteiger partial charge on any atom is -0.335 e. The van der Waals surface area contributed by atoms with Crippen molar-refractivity contribution >= 4 is 15.9 Å². The zero-order chi connectivity index (χ0) is 10.8. The molecule has 3 N–H and O–H groups in total. The van der Waals surface area contributed by atoms with E-state index >= 15 is 0 Å². The molecule has 2 aromatic rings. The molecule has 0 amide bonds. The van der Waals surface area contributed by atoms with Crippen molar-refractivity contribution in [2.24, 2.45) is 5.73 Å². The second-order valence-corrected chi connectivity index (χ2v) is 4.12. The third-order valence-electron chi connectivity index (χ3n) is 2.35. The van der Waals surface area contributed by atoms with Crippen LogP contribution < -0.4 is 5.73 Å². The van der Waals surface area contributed by atoms with E-state index in [9.17, 15) is 0 Å². The van der Waals surface area contributed by atoms with E-state index in [1.165, 1.54) is 5.56 Å². The van der Waals surface area contributed by atoms with Crippen LogP contribution >= 0.6 is 15.9 Å². The van der Waals surface area contributed by atoms with Crippen molar-refractivity contribution in [1.82, 2.24) is 9.97 Å². The SMILES string of the molecule is Cc1ccccc1-c1nc(Br)[nH]c1CN. The number of aromatic nitrogens is 2. The fourth-order valence-corrected chi connectivity index (χ4v) is 2.00. The quantitative estimate of drug-likeness (QED) is 0.877. The lowest BCUT2D eigenvalue weighted by molar-refractivity contribution is 1.01. The van der Waals surface area contributed by atoms with Gasteiger partial charge < -0.3 is 10.7 Å². The van der Waals surface area contributed by atoms with Crippen molar-refractivity contribution in [3.05, 3.63) is 40.3 Å². The molecule has 0 aliphatic rings. The molecule has 3 nitrogen and oxygen atoms in total. The molecule has 1 heterocycles. The average molecular weight is 266 g/mol. The number of H-pyrrole nitrogens is 1. The summed E-state index contributed by atoms with van der Waals surface area (Å²) in [5.74, 6) is 0. The van der Waals surface area contributed by atoms with Crippen molar-refractivity contribution < 1.29 is 0 Å². The van der Waals surface area contributed by atoms with Crippen molar-refractivity contribution in [2.45, 2.75) is 13.5 Å². The first-order valence-corrected chi connectivity index (χ1v) is 5.52. The van der Waals surface area contributed by atoms with Gasteiger partial charge in [-0.3, -0.25) is 0 Å². The zero-order valence-electron chi connectivity index (χ0n) is 8.42. The van der Waals surface area contributed by atoms with Crippen LogP contribution in [0.4, 0.5) is 0 Å². The van der Waals surface area contributed by atoms with Gasteiger partial charge in [0, 0.05) is 12.1 Å². The highest BCUT2D eigenvalue weighted by atomic mass is 79.9. The van der Waals surface area contributed by atoms with Gasteiger partial charge in [-0.05, 0) is 28.4 Å². The van der Waals surface area contributed by atoms with Gasteiger partial charge in [0.1, 0.15) is 0 Å². The van der Waals surface area contributed by atoms with Crippen LogP contribution in [0.5, 0.6) is 0 Å². The van der Waals surface area contributed by atoms with Gasteiger partial charge in [-0.2, -0.15) is 0 Å². The number of halogens is 1. The van der Waals surface area contributed by atoms with Gasteiger partial charge in [-0.1, -0.05) is 24.3 Å². The summed E-state index contributed by atoms with van der Waals surface area (Å²) in [7, 11) is 0. The summed E-state index contributed by atoms with van der Waals surface area (Å²) in [4.78, 5) is 7.49. The molecule has 0 atom stereocenters. The number of rotatable bonds is 2. The summed E-state index contributed by atoms with van der Waals surface area (Å²) in [5.41, 5.74) is 9.87. The Morgan fingerprint density at radius 1 is 1.40 bits per heavy atom. The zero-order valence-corrected chi connectivity index (χ0v) is 10.0. The first-order valence-electron chi connectivity index (χ1n) is 4.73. The normalized spacial score (nSPS) is 10.6. The Bertz CT molecular complexity index is 476. The summed E-state index contributed by atoms with van der Waals surface area (Å²) in [6.07, 6.45) is 0. The van der Waals surface area contributed by atoms with E-state index < -0.39 is 0 Å². The highest BCUT2D eigenvalue weighted by Gasteiger charge is 2.11. The van der Waals surface area contributed by atoms with Crippen molar-refractivity contribution in [2.75, 3.05) is 0 Å². The van der Waals surface area contributed by atoms with Gasteiger partial charge in [-0.25, -0.2) is 4.98 Å². The van der Waals surface area contributed by atoms with Crippen molar-refractivity contribution in [3.8, 4) is 11.3 Å². The highest BCUT2D eigenvalue weighted by molar-refractivity contribution is 9.10. The fraction of sp³-hybridized carbons (Fsp3) is 0.182. The Morgan fingerprint density at radius 3 is 2.80 bits per heavy atom. The molecule has 1 aromatic heterocycles. The van der Waals surface area contributed by atoms with Crippen LogP contribution in [-0.2, 0) is 6.54 Å². The largest absolute Gasteiger partial charge is 0.335 e. The van der Waals surface area contributed by atoms with Crippen LogP contribution in [0.2, 0.25) is 0 Å². The van der Waals surface area contributed by atoms with Crippen LogP contribution in [0.25, 0.3) is 11.3 Å². The van der Waals surface area contributed by atoms with E-state index in [1.807, 2.05) is 12.1 Å². The predicted octanol–water partition coefficient (Wildman–Crippen LogP) is 2.61. The van der Waals surface area contributed by atoms with Crippen molar-refractivity contribution in [1.29, 1.82) is 0 Å². The van der Waals surface area contributed by atoms with E-state index in [0.29, 0.717) is 6.54 Å². The number of aromatic amines is 1. The van der Waals surface area contributed by atoms with Gasteiger partial charge in [0.05, 0.1) is 11.4 Å². The molecule has 4 heteroatoms. The first-order chi connectivity index (χ1) is 7.22. The number of nitrogens with zero attached hydrogens (tertiary/aromatic N) is 1. The maximum absolute atomic E-state index is 5.66. The molecular formula is C11H12BrN3. The lowest BCUT2D eigenvalue weighted by Crippen LogP contribution is -1.99. The van der Waals surface area contributed by atoms with Crippen LogP contribution in [0.1, 0.15) is 11.3 Å². The lowest BCUT2D eigenvalue weighted by atomic mass is 10.0. The molecule has 1 aromatic carbocycles. The second-order valence-electron chi connectivity index (χ2n) is 3.37. The third kappa shape index (κ3) is 1.96. The molecular weight excluding hydrogens is 254 g/mol. The molecule has 15 heavy (non-hydrogen) atoms. The summed E-state index contributed by atoms with van der Waals surface area (Å²) in [6, 6.07) is 8.14. The van der Waals surface area contributed by atoms with Crippen LogP contribution in [-0.4, -0.2) is 9.97 Å². The summed E-state index contributed by atoms with van der Waals surface area (Å²) in [5, 5.41) is 0. The Hall–Kier alpha value is -1.13. The number of nitrogens with one attached hydrogen (secondary N) is 1. The van der Waals surface area contributed by atoms with E-state index in [1.54, 1.807) is 0 Å². The summed E-state index contributed by atoms with van der Waals surface area (Å²) < 4.78 is 0.723. The topological polar surface area (TPSA) is 54.7 Å². The maximum Gasteiger partial charge on any atom is 0.175 e. The molecule has 0 bridgehead atoms. The smallest absolute Gasteiger partial charge is 0.175 e. The number of nitrogens with two attached hydrogens (primary N) is 1. The molecule has 78 valence electrons. The van der Waals surface area contributed by atoms with Gasteiger partial charge in [0.15, 0.2) is 4.73 Å². The third-order valence-corrected chi connectivity index (χ3v) is 2.73. The molecule has 0 saturated heterocycles. The minimum absolute atomic E-state index is 0.461. The lowest BCUT2D eigenvalue weighted by Gasteiger charge is -2.03. The Labute approximate surface area is 96.9 Å². The van der Waals surface area contributed by atoms with Gasteiger partial charge in [0.25, 0.3) is 0 Å². The van der Waals surface area contributed by atoms with E-state index in [0.717, 1.165) is 21.7 Å². The summed E-state index contributed by atoms with van der Waals surface area (Å²) in [6.45, 7) is 2.53. The number of imidazole rings is 1. The Morgan fingerprint density at radius 2 is 2.13 bits per heavy atom. The first kappa shape index (κ1) is 10.4. The van der Waals surface area contributed by atoms with E-state index in [2.05, 4.69) is 45.0 Å². The van der Waals surface area contributed by atoms with E-state index in [4.69, 9.17) is 5.73 Å². The number of hydrogen-bond acceptors (Lipinski definition) is 2. The minimum atomic E-state index is 0.461. The standard InChI is InChI=1S/C11H12BrN3/c1-7-4-2-3-5-8(7)10-9(6-13)14-11(12)15-10/h2-5H,6,13H2,1H3,(H,14,15). The van der Waals surface area contributed by atoms with Crippen LogP contribution in [0, 0.1) is 6.92 Å². The number of hydrogen-bond donors (Lipinski definition) is 2. The molecule has 2 rings (SSSR count). The van der Waals surface area contributed by atoms with Crippen LogP contribution in [0.15, 0.2) is 29.0 Å². The van der Waals surface area contributed by atoms with Gasteiger partial charge >= 0.3 is 0 Å². The second kappa shape index (κ2) is 4.16. The molecule has 0 aliphatic heterocycles.